The van der Waals surface area contributed by atoms with Gasteiger partial charge in [-0.1, -0.05) is 0 Å². The van der Waals surface area contributed by atoms with Crippen molar-refractivity contribution in [1.29, 1.82) is 0 Å². The first-order valence-electron chi connectivity index (χ1n) is 3.58. The Balaban J connectivity index is 2.52. The Morgan fingerprint density at radius 3 is 2.45 bits per heavy atom. The fraction of sp³-hybridized carbons (Fsp3) is 0.250. The molecule has 0 spiro atoms. The molecule has 1 aromatic carbocycles. The van der Waals surface area contributed by atoms with Gasteiger partial charge in [0.05, 0.1) is 0 Å². The van der Waals surface area contributed by atoms with Gasteiger partial charge in [0.25, 0.3) is 0 Å². The second-order valence-electron chi connectivity index (χ2n) is 2.28. The van der Waals surface area contributed by atoms with Crippen LogP contribution in [-0.2, 0) is 26.1 Å². The average Bonchev–Trinajstić information content (AvgIpc) is 2.04. The summed E-state index contributed by atoms with van der Waals surface area (Å²) in [4.78, 5) is 0. The van der Waals surface area contributed by atoms with Crippen molar-refractivity contribution in [3.05, 3.63) is 24.3 Å². The van der Waals surface area contributed by atoms with E-state index in [1.165, 1.54) is 3.07 Å². The zero-order valence-electron chi connectivity index (χ0n) is 6.42. The summed E-state index contributed by atoms with van der Waals surface area (Å²) in [5, 5.41) is 0. The van der Waals surface area contributed by atoms with Crippen molar-refractivity contribution in [2.75, 3.05) is 13.2 Å². The van der Waals surface area contributed by atoms with Crippen molar-refractivity contribution in [3.8, 4) is 5.75 Å². The fourth-order valence-corrected chi connectivity index (χ4v) is 1.68. The van der Waals surface area contributed by atoms with E-state index in [9.17, 15) is 0 Å². The van der Waals surface area contributed by atoms with Crippen molar-refractivity contribution in [3.63, 3.8) is 0 Å². The van der Waals surface area contributed by atoms with Gasteiger partial charge in [-0.3, -0.25) is 0 Å². The second kappa shape index (κ2) is 4.72. The fourth-order valence-electron chi connectivity index (χ4n) is 0.762. The van der Waals surface area contributed by atoms with E-state index in [2.05, 4.69) is 12.1 Å². The van der Waals surface area contributed by atoms with Gasteiger partial charge >= 0.3 is 82.8 Å². The van der Waals surface area contributed by atoms with Crippen LogP contribution in [0.1, 0.15) is 0 Å². The van der Waals surface area contributed by atoms with Crippen LogP contribution in [0.3, 0.4) is 0 Å². The molecular weight excluding hydrogens is 327 g/mol. The molecule has 0 heterocycles. The van der Waals surface area contributed by atoms with Gasteiger partial charge in [0.15, 0.2) is 0 Å². The molecule has 55 valence electrons. The molecule has 0 amide bonds. The van der Waals surface area contributed by atoms with Crippen molar-refractivity contribution < 1.29 is 30.9 Å². The molecule has 0 atom stereocenters. The minimum absolute atomic E-state index is 0.576. The van der Waals surface area contributed by atoms with Crippen LogP contribution in [0, 0.1) is 0 Å². The summed E-state index contributed by atoms with van der Waals surface area (Å²) in [5.74, 6) is 0.921. The molecule has 1 rings (SSSR count). The predicted molar refractivity (Wildman–Crippen MR) is 40.6 cm³/mol. The Morgan fingerprint density at radius 1 is 1.27 bits per heavy atom. The molecule has 0 aliphatic carbocycles. The zero-order chi connectivity index (χ0) is 8.10. The van der Waals surface area contributed by atoms with Gasteiger partial charge in [-0.05, 0) is 0 Å². The quantitative estimate of drug-likeness (QED) is 0.800. The van der Waals surface area contributed by atoms with Crippen LogP contribution in [0.2, 0.25) is 0 Å². The molecule has 0 saturated carbocycles. The van der Waals surface area contributed by atoms with Crippen LogP contribution < -0.4 is 13.5 Å². The van der Waals surface area contributed by atoms with E-state index in [-0.39, 0.29) is 0 Å². The number of rotatable bonds is 3. The summed E-state index contributed by atoms with van der Waals surface area (Å²) < 4.78 is 6.74. The topological polar surface area (TPSA) is 35.2 Å². The molecule has 3 heteroatoms. The summed E-state index contributed by atoms with van der Waals surface area (Å²) in [5.41, 5.74) is 5.29. The van der Waals surface area contributed by atoms with Gasteiger partial charge in [-0.15, -0.1) is 0 Å². The van der Waals surface area contributed by atoms with Crippen LogP contribution in [0.25, 0.3) is 0 Å². The first-order chi connectivity index (χ1) is 5.33. The number of hydrogen-bond acceptors (Lipinski definition) is 2. The van der Waals surface area contributed by atoms with Crippen LogP contribution in [0.5, 0.6) is 5.75 Å². The Kier molecular flexibility index (Phi) is 3.87. The summed E-state index contributed by atoms with van der Waals surface area (Å²) >= 11 is 0.716. The van der Waals surface area contributed by atoms with Crippen LogP contribution in [-0.4, -0.2) is 13.2 Å². The number of nitrogens with two attached hydrogens (primary N) is 1. The molecule has 0 aliphatic rings. The summed E-state index contributed by atoms with van der Waals surface area (Å²) in [6.07, 6.45) is 0. The van der Waals surface area contributed by atoms with E-state index in [1.807, 2.05) is 12.1 Å². The molecule has 0 bridgehead atoms. The number of benzene rings is 1. The molecule has 0 saturated heterocycles. The molecule has 0 unspecified atom stereocenters. The van der Waals surface area contributed by atoms with Gasteiger partial charge in [0.2, 0.25) is 0 Å². The Morgan fingerprint density at radius 2 is 1.91 bits per heavy atom. The first kappa shape index (κ1) is 9.01. The van der Waals surface area contributed by atoms with Crippen LogP contribution in [0.15, 0.2) is 24.3 Å². The zero-order valence-corrected chi connectivity index (χ0v) is 11.9. The molecule has 0 fully saturated rings. The maximum absolute atomic E-state index is 5.31. The van der Waals surface area contributed by atoms with E-state index in [4.69, 9.17) is 10.5 Å². The molecule has 0 aromatic heterocycles. The summed E-state index contributed by atoms with van der Waals surface area (Å²) in [6, 6.07) is 8.21. The predicted octanol–water partition coefficient (Wildman–Crippen LogP) is 0.196. The number of ether oxygens (including phenoxy) is 1. The van der Waals surface area contributed by atoms with E-state index < -0.39 is 0 Å². The SMILES string of the molecule is NCCOc1cc[c]([Hg])cc1. The number of hydrogen-bond donors (Lipinski definition) is 1. The summed E-state index contributed by atoms with van der Waals surface area (Å²) in [7, 11) is 0. The summed E-state index contributed by atoms with van der Waals surface area (Å²) in [6.45, 7) is 1.18. The van der Waals surface area contributed by atoms with Crippen LogP contribution in [0.4, 0.5) is 0 Å². The Hall–Kier alpha value is -0.0849. The second-order valence-corrected chi connectivity index (χ2v) is 5.46. The third kappa shape index (κ3) is 3.21. The Labute approximate surface area is 82.7 Å². The van der Waals surface area contributed by atoms with Crippen molar-refractivity contribution in [1.82, 2.24) is 0 Å². The monoisotopic (exact) mass is 338 g/mol. The standard InChI is InChI=1S/C8H10NO.Hg/c9-6-7-10-8-4-2-1-3-5-8;/h2-5H,6-7,9H2;. The maximum atomic E-state index is 5.31. The molecule has 1 aromatic rings. The van der Waals surface area contributed by atoms with E-state index in [0.29, 0.717) is 39.3 Å². The van der Waals surface area contributed by atoms with Gasteiger partial charge in [0, 0.05) is 0 Å². The van der Waals surface area contributed by atoms with Crippen LogP contribution >= 0.6 is 0 Å². The molecule has 2 N–H and O–H groups in total. The molecule has 0 aliphatic heterocycles. The van der Waals surface area contributed by atoms with Gasteiger partial charge < -0.3 is 0 Å². The van der Waals surface area contributed by atoms with Gasteiger partial charge in [0.1, 0.15) is 0 Å². The average molecular weight is 337 g/mol. The third-order valence-corrected chi connectivity index (χ3v) is 3.14. The third-order valence-electron chi connectivity index (χ3n) is 1.31. The molecule has 0 radical (unpaired) electrons. The van der Waals surface area contributed by atoms with E-state index >= 15 is 0 Å². The van der Waals surface area contributed by atoms with E-state index in [1.54, 1.807) is 0 Å². The molecule has 2 nitrogen and oxygen atoms in total. The minimum atomic E-state index is 0.576. The normalized spacial score (nSPS) is 9.73. The van der Waals surface area contributed by atoms with Gasteiger partial charge in [-0.2, -0.15) is 0 Å². The van der Waals surface area contributed by atoms with E-state index in [0.717, 1.165) is 5.75 Å². The van der Waals surface area contributed by atoms with Crippen molar-refractivity contribution in [2.45, 2.75) is 0 Å². The van der Waals surface area contributed by atoms with Crippen molar-refractivity contribution >= 4 is 3.07 Å². The Bertz CT molecular complexity index is 210. The molecular formula is C8H10HgNO. The van der Waals surface area contributed by atoms with Gasteiger partial charge in [-0.25, -0.2) is 0 Å². The first-order valence-corrected chi connectivity index (χ1v) is 6.32. The van der Waals surface area contributed by atoms with Crippen molar-refractivity contribution in [2.24, 2.45) is 5.73 Å². The molecule has 11 heavy (non-hydrogen) atoms.